The molecule has 2 aromatic heterocycles. The Hall–Kier alpha value is -8.46. The summed E-state index contributed by atoms with van der Waals surface area (Å²) in [6, 6.07) is 87.8. The average molecular weight is 883 g/mol. The summed E-state index contributed by atoms with van der Waals surface area (Å²) in [5.74, 6) is 0. The number of para-hydroxylation sites is 4. The molecule has 0 fully saturated rings. The Balaban J connectivity index is 0.912. The molecule has 11 aromatic carbocycles. The Kier molecular flexibility index (Phi) is 10.1. The second-order valence-electron chi connectivity index (χ2n) is 18.6. The van der Waals surface area contributed by atoms with Crippen LogP contribution in [0.2, 0.25) is 0 Å². The number of unbranched alkanes of at least 4 members (excludes halogenated alkanes) is 2. The zero-order chi connectivity index (χ0) is 45.8. The molecule has 13 rings (SSSR count). The van der Waals surface area contributed by atoms with Crippen LogP contribution in [0, 0.1) is 0 Å². The Morgan fingerprint density at radius 1 is 0.275 bits per heavy atom. The predicted octanol–water partition coefficient (Wildman–Crippen LogP) is 18.6. The van der Waals surface area contributed by atoms with E-state index in [0.717, 1.165) is 6.42 Å². The van der Waals surface area contributed by atoms with Gasteiger partial charge in [-0.15, -0.1) is 0 Å². The minimum absolute atomic E-state index is 1.08. The van der Waals surface area contributed by atoms with Crippen molar-refractivity contribution in [2.24, 2.45) is 0 Å². The van der Waals surface area contributed by atoms with Gasteiger partial charge in [-0.25, -0.2) is 0 Å². The maximum atomic E-state index is 2.50. The molecule has 0 spiro atoms. The van der Waals surface area contributed by atoms with E-state index in [2.05, 4.69) is 253 Å². The number of benzene rings is 11. The number of nitrogens with zero attached hydrogens (tertiary/aromatic N) is 2. The van der Waals surface area contributed by atoms with Crippen LogP contribution in [0.1, 0.15) is 31.7 Å². The molecular weight excluding hydrogens is 833 g/mol. The molecule has 0 unspecified atom stereocenters. The Labute approximate surface area is 403 Å². The monoisotopic (exact) mass is 882 g/mol. The van der Waals surface area contributed by atoms with Gasteiger partial charge in [0.2, 0.25) is 0 Å². The quantitative estimate of drug-likeness (QED) is 0.0957. The molecule has 0 saturated heterocycles. The lowest BCUT2D eigenvalue weighted by Crippen LogP contribution is -1.94. The lowest BCUT2D eigenvalue weighted by atomic mass is 9.84. The largest absolute Gasteiger partial charge is 0.309 e. The van der Waals surface area contributed by atoms with Crippen LogP contribution >= 0.6 is 0 Å². The van der Waals surface area contributed by atoms with E-state index in [-0.39, 0.29) is 0 Å². The smallest absolute Gasteiger partial charge is 0.0541 e. The first-order chi connectivity index (χ1) is 34.2. The molecule has 69 heavy (non-hydrogen) atoms. The minimum Gasteiger partial charge on any atom is -0.309 e. The number of aryl methyl sites for hydroxylation is 1. The minimum atomic E-state index is 1.08. The number of rotatable bonds is 10. The van der Waals surface area contributed by atoms with E-state index < -0.39 is 0 Å². The summed E-state index contributed by atoms with van der Waals surface area (Å²) in [6.07, 6.45) is 4.72. The van der Waals surface area contributed by atoms with Crippen molar-refractivity contribution in [2.75, 3.05) is 0 Å². The molecule has 2 heteroatoms. The Morgan fingerprint density at radius 3 is 1.16 bits per heavy atom. The van der Waals surface area contributed by atoms with Gasteiger partial charge in [-0.1, -0.05) is 196 Å². The van der Waals surface area contributed by atoms with Gasteiger partial charge in [0, 0.05) is 32.9 Å². The summed E-state index contributed by atoms with van der Waals surface area (Å²) in [5.41, 5.74) is 18.5. The number of fused-ring (bicyclic) bond motifs is 8. The summed E-state index contributed by atoms with van der Waals surface area (Å²) < 4.78 is 4.77. The van der Waals surface area contributed by atoms with Crippen molar-refractivity contribution >= 4 is 65.2 Å². The fourth-order valence-corrected chi connectivity index (χ4v) is 11.3. The van der Waals surface area contributed by atoms with E-state index in [9.17, 15) is 0 Å². The van der Waals surface area contributed by atoms with Gasteiger partial charge in [-0.2, -0.15) is 0 Å². The molecular formula is C67H50N2. The fourth-order valence-electron chi connectivity index (χ4n) is 11.3. The Morgan fingerprint density at radius 2 is 0.667 bits per heavy atom. The van der Waals surface area contributed by atoms with Crippen molar-refractivity contribution in [3.63, 3.8) is 0 Å². The van der Waals surface area contributed by atoms with Gasteiger partial charge in [0.05, 0.1) is 22.1 Å². The number of hydrogen-bond donors (Lipinski definition) is 0. The van der Waals surface area contributed by atoms with E-state index in [1.54, 1.807) is 0 Å². The van der Waals surface area contributed by atoms with E-state index >= 15 is 0 Å². The highest BCUT2D eigenvalue weighted by Crippen LogP contribution is 2.45. The molecule has 0 saturated carbocycles. The van der Waals surface area contributed by atoms with Gasteiger partial charge in [-0.05, 0) is 145 Å². The van der Waals surface area contributed by atoms with Gasteiger partial charge in [0.15, 0.2) is 0 Å². The average Bonchev–Trinajstić information content (AvgIpc) is 3.93. The van der Waals surface area contributed by atoms with Crippen LogP contribution in [0.15, 0.2) is 237 Å². The SMILES string of the molecule is CCCCCc1ccc2c(-c3ccc(-c4ccc5c(c4)c4ccccc4n5-c4ccccc4)cc3)c3ccccc3c(-c3ccc(-c4ccc5c(c4)c4ccccc4n5-c4ccccc4)cc3)c2c1. The fraction of sp³-hybridized carbons (Fsp3) is 0.0746. The summed E-state index contributed by atoms with van der Waals surface area (Å²) in [4.78, 5) is 0. The van der Waals surface area contributed by atoms with Crippen LogP contribution < -0.4 is 0 Å². The molecule has 0 aliphatic carbocycles. The van der Waals surface area contributed by atoms with Gasteiger partial charge in [-0.3, -0.25) is 0 Å². The first-order valence-corrected chi connectivity index (χ1v) is 24.6. The first kappa shape index (κ1) is 40.8. The molecule has 0 N–H and O–H groups in total. The molecule has 328 valence electrons. The van der Waals surface area contributed by atoms with E-state index in [1.807, 2.05) is 0 Å². The summed E-state index contributed by atoms with van der Waals surface area (Å²) in [7, 11) is 0. The third-order valence-corrected chi connectivity index (χ3v) is 14.5. The summed E-state index contributed by atoms with van der Waals surface area (Å²) in [6.45, 7) is 2.29. The lowest BCUT2D eigenvalue weighted by molar-refractivity contribution is 0.718. The van der Waals surface area contributed by atoms with Crippen LogP contribution in [-0.4, -0.2) is 9.13 Å². The van der Waals surface area contributed by atoms with E-state index in [4.69, 9.17) is 0 Å². The molecule has 2 nitrogen and oxygen atoms in total. The molecule has 0 atom stereocenters. The highest BCUT2D eigenvalue weighted by atomic mass is 15.0. The standard InChI is InChI=1S/C67H50N2/c1-2-3-6-17-45-28-39-58-61(42-45)67(49-35-31-47(32-36-49)51-38-41-65-60(44-51)55-23-14-16-27-63(55)69(65)53-20-9-5-10-21-53)57-25-12-11-24-56(57)66(58)48-33-29-46(30-34-48)50-37-40-64-59(43-50)54-22-13-15-26-62(54)68(64)52-18-7-4-8-19-52/h4-5,7-16,18-44H,2-3,6,17H2,1H3. The number of aromatic nitrogens is 2. The van der Waals surface area contributed by atoms with Gasteiger partial charge in [0.1, 0.15) is 0 Å². The lowest BCUT2D eigenvalue weighted by Gasteiger charge is -2.19. The molecule has 13 aromatic rings. The third-order valence-electron chi connectivity index (χ3n) is 14.5. The zero-order valence-corrected chi connectivity index (χ0v) is 38.7. The van der Waals surface area contributed by atoms with Crippen molar-refractivity contribution in [1.29, 1.82) is 0 Å². The Bertz CT molecular complexity index is 4040. The molecule has 0 aliphatic heterocycles. The van der Waals surface area contributed by atoms with Gasteiger partial charge in [0.25, 0.3) is 0 Å². The third kappa shape index (κ3) is 6.94. The molecule has 2 heterocycles. The van der Waals surface area contributed by atoms with Crippen molar-refractivity contribution < 1.29 is 0 Å². The topological polar surface area (TPSA) is 9.86 Å². The molecule has 0 amide bonds. The van der Waals surface area contributed by atoms with Crippen molar-refractivity contribution in [3.05, 3.63) is 242 Å². The second kappa shape index (κ2) is 17.0. The second-order valence-corrected chi connectivity index (χ2v) is 18.6. The van der Waals surface area contributed by atoms with E-state index in [1.165, 1.54) is 146 Å². The van der Waals surface area contributed by atoms with Crippen molar-refractivity contribution in [1.82, 2.24) is 9.13 Å². The maximum Gasteiger partial charge on any atom is 0.0541 e. The van der Waals surface area contributed by atoms with Crippen LogP contribution in [0.5, 0.6) is 0 Å². The van der Waals surface area contributed by atoms with Crippen LogP contribution in [-0.2, 0) is 6.42 Å². The molecule has 0 radical (unpaired) electrons. The van der Waals surface area contributed by atoms with Crippen LogP contribution in [0.3, 0.4) is 0 Å². The molecule has 0 bridgehead atoms. The first-order valence-electron chi connectivity index (χ1n) is 24.6. The normalized spacial score (nSPS) is 11.8. The summed E-state index contributed by atoms with van der Waals surface area (Å²) in [5, 5.41) is 10.2. The highest BCUT2D eigenvalue weighted by Gasteiger charge is 2.19. The molecule has 0 aliphatic rings. The number of hydrogen-bond acceptors (Lipinski definition) is 0. The highest BCUT2D eigenvalue weighted by molar-refractivity contribution is 6.22. The van der Waals surface area contributed by atoms with Crippen molar-refractivity contribution in [3.8, 4) is 55.9 Å². The zero-order valence-electron chi connectivity index (χ0n) is 38.7. The summed E-state index contributed by atoms with van der Waals surface area (Å²) >= 11 is 0. The van der Waals surface area contributed by atoms with Crippen LogP contribution in [0.25, 0.3) is 121 Å². The van der Waals surface area contributed by atoms with E-state index in [0.29, 0.717) is 0 Å². The van der Waals surface area contributed by atoms with Crippen molar-refractivity contribution in [2.45, 2.75) is 32.6 Å². The predicted molar refractivity (Wildman–Crippen MR) is 295 cm³/mol. The maximum absolute atomic E-state index is 2.50. The van der Waals surface area contributed by atoms with Crippen LogP contribution in [0.4, 0.5) is 0 Å². The van der Waals surface area contributed by atoms with Gasteiger partial charge >= 0.3 is 0 Å². The van der Waals surface area contributed by atoms with Gasteiger partial charge < -0.3 is 9.13 Å².